The quantitative estimate of drug-likeness (QED) is 0.397. The van der Waals surface area contributed by atoms with Gasteiger partial charge in [0.1, 0.15) is 0 Å². The summed E-state index contributed by atoms with van der Waals surface area (Å²) in [5.74, 6) is -0.445. The Morgan fingerprint density at radius 1 is 0.512 bits per heavy atom. The van der Waals surface area contributed by atoms with Crippen molar-refractivity contribution in [3.8, 4) is 0 Å². The van der Waals surface area contributed by atoms with Crippen LogP contribution in [0.3, 0.4) is 0 Å². The van der Waals surface area contributed by atoms with Crippen LogP contribution in [0, 0.1) is 47.3 Å². The number of ether oxygens (including phenoxy) is 3. The van der Waals surface area contributed by atoms with E-state index in [2.05, 4.69) is 27.7 Å². The first kappa shape index (κ1) is 28.1. The Kier molecular flexibility index (Phi) is 6.52. The maximum absolute atomic E-state index is 6.78. The van der Waals surface area contributed by atoms with Gasteiger partial charge >= 0.3 is 0 Å². The summed E-state index contributed by atoms with van der Waals surface area (Å²) in [6.07, 6.45) is 4.55. The van der Waals surface area contributed by atoms with Gasteiger partial charge in [0.2, 0.25) is 24.2 Å². The molecule has 4 bridgehead atoms. The summed E-state index contributed by atoms with van der Waals surface area (Å²) < 4.78 is 20.1. The fourth-order valence-electron chi connectivity index (χ4n) is 9.94. The molecule has 16 unspecified atom stereocenters. The predicted molar refractivity (Wildman–Crippen MR) is 137 cm³/mol. The average molecular weight is 583 g/mol. The Morgan fingerprint density at radius 3 is 1.39 bits per heavy atom. The average Bonchev–Trinajstić information content (AvgIpc) is 3.33. The van der Waals surface area contributed by atoms with E-state index in [0.29, 0.717) is 24.7 Å². The van der Waals surface area contributed by atoms with E-state index < -0.39 is 47.9 Å². The zero-order chi connectivity index (χ0) is 28.4. The monoisotopic (exact) mass is 582 g/mol. The summed E-state index contributed by atoms with van der Waals surface area (Å²) in [5.41, 5.74) is -1.53. The molecule has 232 valence electrons. The van der Waals surface area contributed by atoms with E-state index in [1.54, 1.807) is 0 Å². The molecule has 0 N–H and O–H groups in total. The van der Waals surface area contributed by atoms with Gasteiger partial charge in [-0.3, -0.25) is 0 Å². The van der Waals surface area contributed by atoms with Gasteiger partial charge in [-0.25, -0.2) is 9.78 Å². The summed E-state index contributed by atoms with van der Waals surface area (Å²) >= 11 is 0. The molecule has 6 aliphatic heterocycles. The first-order valence-electron chi connectivity index (χ1n) is 16.0. The second kappa shape index (κ2) is 9.53. The molecule has 11 nitrogen and oxygen atoms in total. The van der Waals surface area contributed by atoms with Crippen molar-refractivity contribution in [2.75, 3.05) is 0 Å². The van der Waals surface area contributed by atoms with Gasteiger partial charge in [-0.05, 0) is 76.0 Å². The maximum atomic E-state index is 6.78. The number of rotatable bonds is 2. The molecule has 11 heteroatoms. The predicted octanol–water partition coefficient (Wildman–Crippen LogP) is 5.28. The highest BCUT2D eigenvalue weighted by molar-refractivity contribution is 5.09. The van der Waals surface area contributed by atoms with Gasteiger partial charge in [0.25, 0.3) is 0 Å². The molecular weight excluding hydrogens is 536 g/mol. The molecule has 2 saturated carbocycles. The summed E-state index contributed by atoms with van der Waals surface area (Å²) in [7, 11) is 0. The van der Waals surface area contributed by atoms with Crippen LogP contribution in [-0.2, 0) is 53.3 Å². The molecule has 8 aliphatic rings. The fraction of sp³-hybridized carbons (Fsp3) is 1.00. The van der Waals surface area contributed by atoms with Crippen molar-refractivity contribution < 1.29 is 53.3 Å². The molecule has 0 aromatic carbocycles. The second-order valence-corrected chi connectivity index (χ2v) is 14.8. The lowest BCUT2D eigenvalue weighted by Crippen LogP contribution is -2.69. The number of hydrogen-bond acceptors (Lipinski definition) is 11. The normalized spacial score (nSPS) is 61.6. The van der Waals surface area contributed by atoms with Gasteiger partial charge in [-0.15, -0.1) is 0 Å². The molecule has 2 aliphatic carbocycles. The zero-order valence-corrected chi connectivity index (χ0v) is 25.1. The molecular formula is C30H46O11. The van der Waals surface area contributed by atoms with Gasteiger partial charge < -0.3 is 14.2 Å². The van der Waals surface area contributed by atoms with Crippen molar-refractivity contribution >= 4 is 0 Å². The Labute approximate surface area is 241 Å². The molecule has 0 amide bonds. The van der Waals surface area contributed by atoms with Crippen LogP contribution in [0.15, 0.2) is 0 Å². The van der Waals surface area contributed by atoms with Gasteiger partial charge in [-0.2, -0.15) is 29.3 Å². The molecule has 41 heavy (non-hydrogen) atoms. The lowest BCUT2D eigenvalue weighted by molar-refractivity contribution is -0.503. The number of fused-ring (bicyclic) bond motifs is 4. The summed E-state index contributed by atoms with van der Waals surface area (Å²) in [4.78, 5) is 48.2. The van der Waals surface area contributed by atoms with E-state index in [9.17, 15) is 0 Å². The van der Waals surface area contributed by atoms with Crippen LogP contribution in [0.4, 0.5) is 0 Å². The van der Waals surface area contributed by atoms with Crippen LogP contribution >= 0.6 is 0 Å². The van der Waals surface area contributed by atoms with Crippen molar-refractivity contribution in [3.63, 3.8) is 0 Å². The van der Waals surface area contributed by atoms with Gasteiger partial charge in [-0.1, -0.05) is 27.7 Å². The SMILES string of the molecule is CC1CCC2C(C)C(OC3OC4OOC5(C)CCC6C(C)CCC(C3C)C46OO5)OC3OOC4(C)CCC1C32OO4. The summed E-state index contributed by atoms with van der Waals surface area (Å²) in [5, 5.41) is 0. The third-order valence-corrected chi connectivity index (χ3v) is 12.4. The van der Waals surface area contributed by atoms with Crippen molar-refractivity contribution in [1.29, 1.82) is 0 Å². The standard InChI is InChI=1S/C30H46O11/c1-15-7-9-21-17(3)23(32-25-29(21)19(15)11-13-27(5,36-34-25)38-40-29)31-24-18(4)22-10-8-16(2)20-12-14-28(6)37-35-26(33-24)30(20,22)41-39-28/h15-26H,7-14H2,1-6H3. The molecule has 16 atom stereocenters. The highest BCUT2D eigenvalue weighted by atomic mass is 17.4. The third kappa shape index (κ3) is 3.90. The molecule has 6 heterocycles. The molecule has 8 rings (SSSR count). The van der Waals surface area contributed by atoms with Crippen LogP contribution in [0.2, 0.25) is 0 Å². The van der Waals surface area contributed by atoms with Gasteiger partial charge in [0.05, 0.1) is 0 Å². The van der Waals surface area contributed by atoms with Crippen LogP contribution in [0.1, 0.15) is 92.9 Å². The van der Waals surface area contributed by atoms with Crippen LogP contribution < -0.4 is 0 Å². The van der Waals surface area contributed by atoms with Crippen LogP contribution in [0.5, 0.6) is 0 Å². The maximum Gasteiger partial charge on any atom is 0.231 e. The Hall–Kier alpha value is -0.440. The lowest BCUT2D eigenvalue weighted by Gasteiger charge is -2.59. The van der Waals surface area contributed by atoms with E-state index >= 15 is 0 Å². The molecule has 0 aromatic heterocycles. The topological polar surface area (TPSA) is 102 Å². The van der Waals surface area contributed by atoms with Crippen LogP contribution in [0.25, 0.3) is 0 Å². The molecule has 2 spiro atoms. The number of hydrogen-bond donors (Lipinski definition) is 0. The smallest absolute Gasteiger partial charge is 0.231 e. The third-order valence-electron chi connectivity index (χ3n) is 12.4. The minimum Gasteiger partial charge on any atom is -0.323 e. The highest BCUT2D eigenvalue weighted by Crippen LogP contribution is 2.61. The second-order valence-electron chi connectivity index (χ2n) is 14.8. The van der Waals surface area contributed by atoms with E-state index in [1.807, 2.05) is 13.8 Å². The first-order valence-corrected chi connectivity index (χ1v) is 16.0. The van der Waals surface area contributed by atoms with Gasteiger partial charge in [0, 0.05) is 36.5 Å². The van der Waals surface area contributed by atoms with Crippen molar-refractivity contribution in [1.82, 2.24) is 0 Å². The van der Waals surface area contributed by atoms with Crippen molar-refractivity contribution in [2.24, 2.45) is 47.3 Å². The molecule has 0 radical (unpaired) electrons. The Morgan fingerprint density at radius 2 is 0.951 bits per heavy atom. The molecule has 0 aromatic rings. The van der Waals surface area contributed by atoms with Gasteiger partial charge in [0.15, 0.2) is 23.8 Å². The van der Waals surface area contributed by atoms with Crippen molar-refractivity contribution in [3.05, 3.63) is 0 Å². The highest BCUT2D eigenvalue weighted by Gasteiger charge is 2.71. The van der Waals surface area contributed by atoms with E-state index in [0.717, 1.165) is 38.5 Å². The van der Waals surface area contributed by atoms with Crippen molar-refractivity contribution in [2.45, 2.75) is 141 Å². The summed E-state index contributed by atoms with van der Waals surface area (Å²) in [6.45, 7) is 12.7. The molecule has 8 fully saturated rings. The lowest BCUT2D eigenvalue weighted by atomic mass is 9.57. The van der Waals surface area contributed by atoms with E-state index in [-0.39, 0.29) is 35.5 Å². The van der Waals surface area contributed by atoms with E-state index in [4.69, 9.17) is 53.3 Å². The minimum atomic E-state index is -0.978. The molecule has 6 saturated heterocycles. The Balaban J connectivity index is 1.09. The fourth-order valence-corrected chi connectivity index (χ4v) is 9.94. The zero-order valence-electron chi connectivity index (χ0n) is 25.1. The largest absolute Gasteiger partial charge is 0.323 e. The van der Waals surface area contributed by atoms with Crippen LogP contribution in [-0.4, -0.2) is 47.9 Å². The Bertz CT molecular complexity index is 952. The van der Waals surface area contributed by atoms with E-state index in [1.165, 1.54) is 0 Å². The first-order chi connectivity index (χ1) is 19.6. The summed E-state index contributed by atoms with van der Waals surface area (Å²) in [6, 6.07) is 0. The minimum absolute atomic E-state index is 0.00873.